The van der Waals surface area contributed by atoms with Gasteiger partial charge < -0.3 is 24.1 Å². The average Bonchev–Trinajstić information content (AvgIpc) is 3.29. The molecule has 0 bridgehead atoms. The monoisotopic (exact) mass is 460 g/mol. The van der Waals surface area contributed by atoms with Crippen LogP contribution in [-0.2, 0) is 13.1 Å². The van der Waals surface area contributed by atoms with Crippen LogP contribution < -0.4 is 19.8 Å². The molecule has 0 atom stereocenters. The number of hydrogen-bond donors (Lipinski definition) is 1. The first-order chi connectivity index (χ1) is 16.5. The number of halogens is 1. The molecule has 1 aromatic heterocycles. The lowest BCUT2D eigenvalue weighted by atomic mass is 10.1. The number of ether oxygens (including phenoxy) is 3. The molecule has 0 saturated carbocycles. The molecule has 3 aromatic carbocycles. The zero-order valence-corrected chi connectivity index (χ0v) is 18.3. The normalized spacial score (nSPS) is 12.1. The fraction of sp³-hybridized carbons (Fsp3) is 0.154. The van der Waals surface area contributed by atoms with Gasteiger partial charge in [0.1, 0.15) is 11.6 Å². The number of nitrogens with one attached hydrogen (secondary N) is 1. The predicted octanol–water partition coefficient (Wildman–Crippen LogP) is 4.25. The highest BCUT2D eigenvalue weighted by molar-refractivity contribution is 5.94. The van der Waals surface area contributed by atoms with Gasteiger partial charge in [-0.3, -0.25) is 9.59 Å². The van der Waals surface area contributed by atoms with E-state index in [2.05, 4.69) is 4.98 Å². The molecule has 1 amide bonds. The van der Waals surface area contributed by atoms with Crippen LogP contribution >= 0.6 is 0 Å². The lowest BCUT2D eigenvalue weighted by molar-refractivity contribution is 0.0727. The summed E-state index contributed by atoms with van der Waals surface area (Å²) in [5.74, 6) is 0.847. The predicted molar refractivity (Wildman–Crippen MR) is 124 cm³/mol. The van der Waals surface area contributed by atoms with Gasteiger partial charge in [-0.1, -0.05) is 24.3 Å². The summed E-state index contributed by atoms with van der Waals surface area (Å²) in [6.07, 6.45) is 0. The number of nitrogens with zero attached hydrogens (tertiary/aromatic N) is 1. The van der Waals surface area contributed by atoms with Crippen molar-refractivity contribution in [2.75, 3.05) is 13.9 Å². The van der Waals surface area contributed by atoms with Gasteiger partial charge in [-0.15, -0.1) is 0 Å². The Bertz CT molecular complexity index is 1450. The number of hydrogen-bond acceptors (Lipinski definition) is 5. The van der Waals surface area contributed by atoms with Gasteiger partial charge in [0.25, 0.3) is 11.5 Å². The molecule has 1 N–H and O–H groups in total. The second-order valence-corrected chi connectivity index (χ2v) is 7.90. The van der Waals surface area contributed by atoms with E-state index in [0.717, 1.165) is 10.9 Å². The molecule has 0 unspecified atom stereocenters. The molecule has 0 radical (unpaired) electrons. The number of methoxy groups -OCH3 is 1. The van der Waals surface area contributed by atoms with Crippen LogP contribution in [0.1, 0.15) is 21.5 Å². The van der Waals surface area contributed by atoms with Crippen LogP contribution in [-0.4, -0.2) is 29.7 Å². The van der Waals surface area contributed by atoms with Gasteiger partial charge in [0.15, 0.2) is 11.5 Å². The van der Waals surface area contributed by atoms with Crippen LogP contribution in [0.2, 0.25) is 0 Å². The molecule has 0 aliphatic carbocycles. The number of pyridine rings is 1. The molecule has 0 fully saturated rings. The Hall–Kier alpha value is -4.33. The summed E-state index contributed by atoms with van der Waals surface area (Å²) < 4.78 is 30.1. The lowest BCUT2D eigenvalue weighted by Crippen LogP contribution is -2.32. The van der Waals surface area contributed by atoms with E-state index in [9.17, 15) is 14.0 Å². The molecule has 4 aromatic rings. The Labute approximate surface area is 194 Å². The van der Waals surface area contributed by atoms with Gasteiger partial charge in [0.2, 0.25) is 6.79 Å². The molecule has 1 aliphatic heterocycles. The molecule has 7 nitrogen and oxygen atoms in total. The van der Waals surface area contributed by atoms with E-state index in [-0.39, 0.29) is 31.0 Å². The highest BCUT2D eigenvalue weighted by Gasteiger charge is 2.21. The standard InChI is InChI=1S/C26H21FN2O5/c1-32-22-8-3-2-5-17(22)13-29(26(31)16-6-4-7-20(27)10-16)14-19-9-18-11-23-24(34-15-33-23)12-21(18)28-25(19)30/h2-12H,13-15H2,1H3,(H,28,30). The summed E-state index contributed by atoms with van der Waals surface area (Å²) in [6.45, 7) is 0.294. The first kappa shape index (κ1) is 21.5. The van der Waals surface area contributed by atoms with Crippen LogP contribution in [0, 0.1) is 5.82 Å². The molecule has 0 spiro atoms. The van der Waals surface area contributed by atoms with Crippen molar-refractivity contribution >= 4 is 16.8 Å². The summed E-state index contributed by atoms with van der Waals surface area (Å²) in [7, 11) is 1.55. The van der Waals surface area contributed by atoms with Gasteiger partial charge in [-0.2, -0.15) is 0 Å². The maximum atomic E-state index is 13.8. The van der Waals surface area contributed by atoms with E-state index < -0.39 is 11.7 Å². The average molecular weight is 460 g/mol. The number of benzene rings is 3. The minimum Gasteiger partial charge on any atom is -0.496 e. The smallest absolute Gasteiger partial charge is 0.254 e. The molecular formula is C26H21FN2O5. The summed E-state index contributed by atoms with van der Waals surface area (Å²) >= 11 is 0. The SMILES string of the molecule is COc1ccccc1CN(Cc1cc2cc3c(cc2[nH]c1=O)OCO3)C(=O)c1cccc(F)c1. The van der Waals surface area contributed by atoms with Crippen molar-refractivity contribution < 1.29 is 23.4 Å². The number of aromatic nitrogens is 1. The maximum Gasteiger partial charge on any atom is 0.254 e. The van der Waals surface area contributed by atoms with Gasteiger partial charge in [-0.25, -0.2) is 4.39 Å². The molecule has 2 heterocycles. The number of carbonyl (C=O) groups is 1. The first-order valence-corrected chi connectivity index (χ1v) is 10.6. The Morgan fingerprint density at radius 1 is 1.00 bits per heavy atom. The van der Waals surface area contributed by atoms with E-state index >= 15 is 0 Å². The van der Waals surface area contributed by atoms with Gasteiger partial charge in [0, 0.05) is 34.7 Å². The Morgan fingerprint density at radius 3 is 2.56 bits per heavy atom. The molecule has 34 heavy (non-hydrogen) atoms. The molecule has 172 valence electrons. The van der Waals surface area contributed by atoms with Crippen molar-refractivity contribution in [3.05, 3.63) is 99.6 Å². The van der Waals surface area contributed by atoms with Gasteiger partial charge >= 0.3 is 0 Å². The third-order valence-corrected chi connectivity index (χ3v) is 5.69. The van der Waals surface area contributed by atoms with Crippen LogP contribution in [0.15, 0.2) is 71.5 Å². The van der Waals surface area contributed by atoms with Crippen LogP contribution in [0.5, 0.6) is 17.2 Å². The van der Waals surface area contributed by atoms with Crippen LogP contribution in [0.4, 0.5) is 4.39 Å². The van der Waals surface area contributed by atoms with E-state index in [0.29, 0.717) is 28.3 Å². The summed E-state index contributed by atoms with van der Waals surface area (Å²) in [4.78, 5) is 30.7. The summed E-state index contributed by atoms with van der Waals surface area (Å²) in [5, 5.41) is 0.745. The topological polar surface area (TPSA) is 80.9 Å². The van der Waals surface area contributed by atoms with Gasteiger partial charge in [0.05, 0.1) is 19.2 Å². The third-order valence-electron chi connectivity index (χ3n) is 5.69. The van der Waals surface area contributed by atoms with Crippen LogP contribution in [0.3, 0.4) is 0 Å². The highest BCUT2D eigenvalue weighted by Crippen LogP contribution is 2.35. The maximum absolute atomic E-state index is 13.8. The fourth-order valence-electron chi connectivity index (χ4n) is 4.01. The van der Waals surface area contributed by atoms with Crippen molar-refractivity contribution in [1.82, 2.24) is 9.88 Å². The Balaban J connectivity index is 1.54. The fourth-order valence-corrected chi connectivity index (χ4v) is 4.01. The van der Waals surface area contributed by atoms with Crippen molar-refractivity contribution in [1.29, 1.82) is 0 Å². The summed E-state index contributed by atoms with van der Waals surface area (Å²) in [6, 6.07) is 18.0. The number of amides is 1. The number of fused-ring (bicyclic) bond motifs is 2. The minimum atomic E-state index is -0.511. The summed E-state index contributed by atoms with van der Waals surface area (Å²) in [5.41, 5.74) is 1.60. The zero-order chi connectivity index (χ0) is 23.7. The van der Waals surface area contributed by atoms with Crippen molar-refractivity contribution in [2.45, 2.75) is 13.1 Å². The number of para-hydroxylation sites is 1. The first-order valence-electron chi connectivity index (χ1n) is 10.6. The second-order valence-electron chi connectivity index (χ2n) is 7.90. The number of carbonyl (C=O) groups excluding carboxylic acids is 1. The third kappa shape index (κ3) is 4.17. The quantitative estimate of drug-likeness (QED) is 0.465. The second kappa shape index (κ2) is 8.90. The molecule has 0 saturated heterocycles. The van der Waals surface area contributed by atoms with E-state index in [1.165, 1.54) is 23.1 Å². The van der Waals surface area contributed by atoms with E-state index in [4.69, 9.17) is 14.2 Å². The zero-order valence-electron chi connectivity index (χ0n) is 18.3. The highest BCUT2D eigenvalue weighted by atomic mass is 19.1. The van der Waals surface area contributed by atoms with Crippen LogP contribution in [0.25, 0.3) is 10.9 Å². The largest absolute Gasteiger partial charge is 0.496 e. The van der Waals surface area contributed by atoms with Crippen molar-refractivity contribution in [3.63, 3.8) is 0 Å². The van der Waals surface area contributed by atoms with Gasteiger partial charge in [-0.05, 0) is 36.4 Å². The molecule has 1 aliphatic rings. The van der Waals surface area contributed by atoms with E-state index in [1.807, 2.05) is 18.2 Å². The minimum absolute atomic E-state index is 0.00705. The Kier molecular flexibility index (Phi) is 5.63. The van der Waals surface area contributed by atoms with Crippen molar-refractivity contribution in [2.24, 2.45) is 0 Å². The molecule has 5 rings (SSSR count). The van der Waals surface area contributed by atoms with E-state index in [1.54, 1.807) is 37.4 Å². The number of rotatable bonds is 6. The molecular weight excluding hydrogens is 439 g/mol. The number of aromatic amines is 1. The Morgan fingerprint density at radius 2 is 1.76 bits per heavy atom. The number of H-pyrrole nitrogens is 1. The lowest BCUT2D eigenvalue weighted by Gasteiger charge is -2.24. The van der Waals surface area contributed by atoms with Crippen molar-refractivity contribution in [3.8, 4) is 17.2 Å². The molecule has 8 heteroatoms.